The summed E-state index contributed by atoms with van der Waals surface area (Å²) >= 11 is 0. The monoisotopic (exact) mass is 329 g/mol. The molecule has 3 rings (SSSR count). The number of anilines is 1. The van der Waals surface area contributed by atoms with Gasteiger partial charge in [0.05, 0.1) is 6.10 Å². The van der Waals surface area contributed by atoms with Crippen molar-refractivity contribution in [3.63, 3.8) is 0 Å². The number of aryl methyl sites for hydroxylation is 1. The van der Waals surface area contributed by atoms with Crippen LogP contribution in [0.25, 0.3) is 5.78 Å². The number of rotatable bonds is 3. The Kier molecular flexibility index (Phi) is 4.13. The molecule has 1 aliphatic rings. The van der Waals surface area contributed by atoms with Gasteiger partial charge in [0, 0.05) is 31.5 Å². The average molecular weight is 329 g/mol. The first-order valence-electron chi connectivity index (χ1n) is 7.56. The smallest absolute Gasteiger partial charge is 0.377 e. The number of hydrogen-bond acceptors (Lipinski definition) is 5. The predicted octanol–water partition coefficient (Wildman–Crippen LogP) is 2.46. The van der Waals surface area contributed by atoms with E-state index in [9.17, 15) is 13.2 Å². The van der Waals surface area contributed by atoms with E-state index in [0.29, 0.717) is 24.7 Å². The number of halogens is 3. The normalized spacial score (nSPS) is 19.5. The van der Waals surface area contributed by atoms with Gasteiger partial charge in [-0.1, -0.05) is 0 Å². The van der Waals surface area contributed by atoms with Crippen LogP contribution in [0.5, 0.6) is 0 Å². The molecule has 0 unspecified atom stereocenters. The minimum absolute atomic E-state index is 0.0362. The van der Waals surface area contributed by atoms with Crippen LogP contribution in [0.4, 0.5) is 19.0 Å². The average Bonchev–Trinajstić information content (AvgIpc) is 2.91. The van der Waals surface area contributed by atoms with E-state index >= 15 is 0 Å². The molecular formula is C14H18F3N5O. The maximum Gasteiger partial charge on any atom is 0.453 e. The van der Waals surface area contributed by atoms with Gasteiger partial charge in [0.2, 0.25) is 0 Å². The molecule has 1 fully saturated rings. The van der Waals surface area contributed by atoms with Crippen LogP contribution in [0.1, 0.15) is 31.3 Å². The van der Waals surface area contributed by atoms with Gasteiger partial charge in [-0.25, -0.2) is 4.98 Å². The molecule has 23 heavy (non-hydrogen) atoms. The van der Waals surface area contributed by atoms with Gasteiger partial charge >= 0.3 is 6.18 Å². The maximum atomic E-state index is 12.9. The summed E-state index contributed by atoms with van der Waals surface area (Å²) in [5.74, 6) is -0.638. The summed E-state index contributed by atoms with van der Waals surface area (Å²) in [6, 6.07) is 1.73. The molecule has 0 N–H and O–H groups in total. The van der Waals surface area contributed by atoms with Crippen molar-refractivity contribution in [2.45, 2.75) is 39.0 Å². The standard InChI is InChI=1S/C14H18F3N5O/c1-3-23-10-5-4-6-21(8-10)11-7-9(2)18-13-19-12(14(15,16)17)20-22(11)13/h7,10H,3-6,8H2,1-2H3/t10-/m1/s1. The largest absolute Gasteiger partial charge is 0.453 e. The summed E-state index contributed by atoms with van der Waals surface area (Å²) in [7, 11) is 0. The van der Waals surface area contributed by atoms with Crippen molar-refractivity contribution >= 4 is 11.6 Å². The third-order valence-electron chi connectivity index (χ3n) is 3.78. The summed E-state index contributed by atoms with van der Waals surface area (Å²) in [5, 5.41) is 3.61. The Morgan fingerprint density at radius 2 is 2.13 bits per heavy atom. The number of hydrogen-bond donors (Lipinski definition) is 0. The summed E-state index contributed by atoms with van der Waals surface area (Å²) in [6.45, 7) is 5.64. The molecule has 0 radical (unpaired) electrons. The maximum absolute atomic E-state index is 12.9. The van der Waals surface area contributed by atoms with E-state index in [1.54, 1.807) is 13.0 Å². The number of fused-ring (bicyclic) bond motifs is 1. The summed E-state index contributed by atoms with van der Waals surface area (Å²) < 4.78 is 45.4. The Bertz CT molecular complexity index is 698. The summed E-state index contributed by atoms with van der Waals surface area (Å²) in [4.78, 5) is 9.55. The lowest BCUT2D eigenvalue weighted by Crippen LogP contribution is -2.40. The van der Waals surface area contributed by atoms with Crippen LogP contribution in [0.15, 0.2) is 6.07 Å². The molecule has 1 atom stereocenters. The highest BCUT2D eigenvalue weighted by Gasteiger charge is 2.37. The van der Waals surface area contributed by atoms with Crippen molar-refractivity contribution in [3.8, 4) is 0 Å². The van der Waals surface area contributed by atoms with Crippen molar-refractivity contribution < 1.29 is 17.9 Å². The summed E-state index contributed by atoms with van der Waals surface area (Å²) in [5.41, 5.74) is 0.604. The molecule has 2 aromatic rings. The molecule has 0 spiro atoms. The van der Waals surface area contributed by atoms with Crippen molar-refractivity contribution in [3.05, 3.63) is 17.6 Å². The van der Waals surface area contributed by atoms with E-state index in [1.807, 2.05) is 11.8 Å². The molecule has 1 saturated heterocycles. The molecule has 0 bridgehead atoms. The number of ether oxygens (including phenoxy) is 1. The lowest BCUT2D eigenvalue weighted by molar-refractivity contribution is -0.144. The first kappa shape index (κ1) is 16.0. The van der Waals surface area contributed by atoms with Gasteiger partial charge < -0.3 is 9.64 Å². The van der Waals surface area contributed by atoms with E-state index in [1.165, 1.54) is 4.52 Å². The van der Waals surface area contributed by atoms with Gasteiger partial charge in [-0.2, -0.15) is 22.7 Å². The minimum atomic E-state index is -4.59. The van der Waals surface area contributed by atoms with E-state index in [4.69, 9.17) is 4.74 Å². The Balaban J connectivity index is 2.00. The van der Waals surface area contributed by atoms with Crippen molar-refractivity contribution in [2.75, 3.05) is 24.6 Å². The van der Waals surface area contributed by atoms with Crippen molar-refractivity contribution in [1.29, 1.82) is 0 Å². The first-order valence-corrected chi connectivity index (χ1v) is 7.56. The Morgan fingerprint density at radius 3 is 2.83 bits per heavy atom. The molecule has 9 heteroatoms. The zero-order valence-electron chi connectivity index (χ0n) is 13.0. The highest BCUT2D eigenvalue weighted by Crippen LogP contribution is 2.28. The highest BCUT2D eigenvalue weighted by molar-refractivity contribution is 5.48. The molecule has 2 aromatic heterocycles. The van der Waals surface area contributed by atoms with Crippen LogP contribution in [-0.4, -0.2) is 45.4 Å². The third-order valence-corrected chi connectivity index (χ3v) is 3.78. The third kappa shape index (κ3) is 3.24. The highest BCUT2D eigenvalue weighted by atomic mass is 19.4. The fourth-order valence-electron chi connectivity index (χ4n) is 2.83. The topological polar surface area (TPSA) is 55.5 Å². The van der Waals surface area contributed by atoms with E-state index in [0.717, 1.165) is 19.4 Å². The number of alkyl halides is 3. The molecule has 0 saturated carbocycles. The second-order valence-electron chi connectivity index (χ2n) is 5.57. The Labute approximate surface area is 131 Å². The number of nitrogens with zero attached hydrogens (tertiary/aromatic N) is 5. The fourth-order valence-corrected chi connectivity index (χ4v) is 2.83. The zero-order chi connectivity index (χ0) is 16.6. The predicted molar refractivity (Wildman–Crippen MR) is 77.4 cm³/mol. The fraction of sp³-hybridized carbons (Fsp3) is 0.643. The van der Waals surface area contributed by atoms with Crippen LogP contribution in [0, 0.1) is 6.92 Å². The molecule has 126 valence electrons. The van der Waals surface area contributed by atoms with Crippen molar-refractivity contribution in [2.24, 2.45) is 0 Å². The summed E-state index contributed by atoms with van der Waals surface area (Å²) in [6.07, 6.45) is -2.66. The molecular weight excluding hydrogens is 311 g/mol. The minimum Gasteiger partial charge on any atom is -0.377 e. The SMILES string of the molecule is CCO[C@@H]1CCCN(c2cc(C)nc3nc(C(F)(F)F)nn23)C1. The Hall–Kier alpha value is -1.90. The van der Waals surface area contributed by atoms with Crippen LogP contribution in [0.3, 0.4) is 0 Å². The molecule has 6 nitrogen and oxygen atoms in total. The van der Waals surface area contributed by atoms with Crippen LogP contribution in [-0.2, 0) is 10.9 Å². The second-order valence-corrected chi connectivity index (χ2v) is 5.57. The molecule has 0 aromatic carbocycles. The van der Waals surface area contributed by atoms with Crippen LogP contribution >= 0.6 is 0 Å². The van der Waals surface area contributed by atoms with E-state index in [-0.39, 0.29) is 11.9 Å². The quantitative estimate of drug-likeness (QED) is 0.866. The second kappa shape index (κ2) is 5.95. The molecule has 0 aliphatic carbocycles. The molecule has 0 amide bonds. The van der Waals surface area contributed by atoms with Gasteiger partial charge in [-0.3, -0.25) is 0 Å². The van der Waals surface area contributed by atoms with Gasteiger partial charge in [0.25, 0.3) is 11.6 Å². The van der Waals surface area contributed by atoms with Crippen LogP contribution in [0.2, 0.25) is 0 Å². The number of piperidine rings is 1. The Morgan fingerprint density at radius 1 is 1.35 bits per heavy atom. The zero-order valence-corrected chi connectivity index (χ0v) is 13.0. The first-order chi connectivity index (χ1) is 10.9. The molecule has 3 heterocycles. The molecule has 1 aliphatic heterocycles. The van der Waals surface area contributed by atoms with E-state index < -0.39 is 12.0 Å². The van der Waals surface area contributed by atoms with E-state index in [2.05, 4.69) is 15.1 Å². The lowest BCUT2D eigenvalue weighted by Gasteiger charge is -2.34. The van der Waals surface area contributed by atoms with Gasteiger partial charge in [0.15, 0.2) is 0 Å². The van der Waals surface area contributed by atoms with Crippen molar-refractivity contribution in [1.82, 2.24) is 19.6 Å². The number of aromatic nitrogens is 4. The van der Waals surface area contributed by atoms with Gasteiger partial charge in [-0.05, 0) is 26.7 Å². The van der Waals surface area contributed by atoms with Crippen LogP contribution < -0.4 is 4.90 Å². The van der Waals surface area contributed by atoms with Gasteiger partial charge in [0.1, 0.15) is 5.82 Å². The lowest BCUT2D eigenvalue weighted by atomic mass is 10.1. The van der Waals surface area contributed by atoms with Gasteiger partial charge in [-0.15, -0.1) is 5.10 Å².